The van der Waals surface area contributed by atoms with E-state index in [1.54, 1.807) is 36.0 Å². The molecule has 2 aromatic carbocycles. The highest BCUT2D eigenvalue weighted by atomic mass is 32.2. The predicted molar refractivity (Wildman–Crippen MR) is 121 cm³/mol. The van der Waals surface area contributed by atoms with Crippen LogP contribution in [-0.4, -0.2) is 41.7 Å². The average Bonchev–Trinajstić information content (AvgIpc) is 2.77. The Balaban J connectivity index is 2.06. The molecule has 1 atom stereocenters. The minimum absolute atomic E-state index is 0.0994. The number of thioether (sulfide) groups is 1. The van der Waals surface area contributed by atoms with E-state index in [9.17, 15) is 9.59 Å². The van der Waals surface area contributed by atoms with Crippen molar-refractivity contribution in [2.75, 3.05) is 24.8 Å². The summed E-state index contributed by atoms with van der Waals surface area (Å²) in [5.74, 6) is -0.424. The van der Waals surface area contributed by atoms with Crippen LogP contribution < -0.4 is 10.1 Å². The molecule has 0 aliphatic heterocycles. The maximum absolute atomic E-state index is 12.5. The molecule has 2 rings (SSSR count). The molecule has 8 heteroatoms. The van der Waals surface area contributed by atoms with Gasteiger partial charge in [0.25, 0.3) is 0 Å². The number of aliphatic hydroxyl groups excluding tert-OH is 1. The Morgan fingerprint density at radius 1 is 1.19 bits per heavy atom. The molecule has 0 aliphatic carbocycles. The smallest absolute Gasteiger partial charge is 0.412 e. The van der Waals surface area contributed by atoms with Gasteiger partial charge in [-0.1, -0.05) is 18.2 Å². The van der Waals surface area contributed by atoms with E-state index >= 15 is 0 Å². The lowest BCUT2D eigenvalue weighted by Crippen LogP contribution is -2.17. The van der Waals surface area contributed by atoms with Crippen LogP contribution >= 0.6 is 11.8 Å². The number of anilines is 1. The van der Waals surface area contributed by atoms with Crippen LogP contribution in [0.4, 0.5) is 10.5 Å². The average molecular weight is 446 g/mol. The number of rotatable bonds is 12. The van der Waals surface area contributed by atoms with Crippen LogP contribution in [0.15, 0.2) is 65.6 Å². The largest absolute Gasteiger partial charge is 0.491 e. The molecule has 3 N–H and O–H groups in total. The Bertz CT molecular complexity index is 869. The summed E-state index contributed by atoms with van der Waals surface area (Å²) in [6.45, 7) is 0.0687. The van der Waals surface area contributed by atoms with Crippen LogP contribution in [0.5, 0.6) is 5.75 Å². The van der Waals surface area contributed by atoms with Crippen LogP contribution in [-0.2, 0) is 9.53 Å². The van der Waals surface area contributed by atoms with Crippen molar-refractivity contribution >= 4 is 29.5 Å². The number of aliphatic hydroxyl groups is 1. The summed E-state index contributed by atoms with van der Waals surface area (Å²) < 4.78 is 11.1. The lowest BCUT2D eigenvalue weighted by Gasteiger charge is -2.19. The molecule has 0 fully saturated rings. The SMILES string of the molecule is CSc1ccc(NC(=O)O[C@@H](CCC/C=C/C(=O)O)c2cccc(OCCO)c2)cc1. The predicted octanol–water partition coefficient (Wildman–Crippen LogP) is 4.88. The summed E-state index contributed by atoms with van der Waals surface area (Å²) in [6.07, 6.45) is 5.22. The van der Waals surface area contributed by atoms with Gasteiger partial charge in [0, 0.05) is 16.7 Å². The van der Waals surface area contributed by atoms with Crippen LogP contribution in [0.25, 0.3) is 0 Å². The summed E-state index contributed by atoms with van der Waals surface area (Å²) in [5, 5.41) is 20.4. The van der Waals surface area contributed by atoms with Gasteiger partial charge in [-0.15, -0.1) is 11.8 Å². The third kappa shape index (κ3) is 9.15. The normalized spacial score (nSPS) is 11.8. The number of benzene rings is 2. The quantitative estimate of drug-likeness (QED) is 0.243. The fraction of sp³-hybridized carbons (Fsp3) is 0.304. The molecule has 0 saturated heterocycles. The van der Waals surface area contributed by atoms with Crippen molar-refractivity contribution in [3.8, 4) is 5.75 Å². The van der Waals surface area contributed by atoms with E-state index < -0.39 is 18.2 Å². The van der Waals surface area contributed by atoms with Crippen LogP contribution in [0.2, 0.25) is 0 Å². The fourth-order valence-electron chi connectivity index (χ4n) is 2.82. The number of unbranched alkanes of at least 4 members (excludes halogenated alkanes) is 1. The molecule has 2 aromatic rings. The van der Waals surface area contributed by atoms with Crippen LogP contribution in [0, 0.1) is 0 Å². The van der Waals surface area contributed by atoms with E-state index in [-0.39, 0.29) is 13.2 Å². The first-order valence-electron chi connectivity index (χ1n) is 9.86. The molecule has 0 heterocycles. The zero-order valence-corrected chi connectivity index (χ0v) is 18.1. The van der Waals surface area contributed by atoms with E-state index in [1.165, 1.54) is 0 Å². The van der Waals surface area contributed by atoms with Crippen molar-refractivity contribution < 1.29 is 29.3 Å². The van der Waals surface area contributed by atoms with E-state index in [4.69, 9.17) is 19.7 Å². The van der Waals surface area contributed by atoms with Gasteiger partial charge in [0.05, 0.1) is 6.61 Å². The number of amides is 1. The van der Waals surface area contributed by atoms with E-state index in [2.05, 4.69) is 5.32 Å². The number of carbonyl (C=O) groups excluding carboxylic acids is 1. The number of ether oxygens (including phenoxy) is 2. The second-order valence-electron chi connectivity index (χ2n) is 6.56. The van der Waals surface area contributed by atoms with Crippen molar-refractivity contribution in [3.05, 3.63) is 66.2 Å². The van der Waals surface area contributed by atoms with Gasteiger partial charge in [-0.05, 0) is 67.5 Å². The van der Waals surface area contributed by atoms with Crippen LogP contribution in [0.1, 0.15) is 30.9 Å². The van der Waals surface area contributed by atoms with Crippen molar-refractivity contribution in [2.45, 2.75) is 30.3 Å². The molecular weight excluding hydrogens is 418 g/mol. The molecule has 0 aromatic heterocycles. The molecule has 0 radical (unpaired) electrons. The molecule has 0 unspecified atom stereocenters. The van der Waals surface area contributed by atoms with Gasteiger partial charge < -0.3 is 19.7 Å². The highest BCUT2D eigenvalue weighted by molar-refractivity contribution is 7.98. The summed E-state index contributed by atoms with van der Waals surface area (Å²) in [7, 11) is 0. The van der Waals surface area contributed by atoms with Crippen molar-refractivity contribution in [1.82, 2.24) is 0 Å². The van der Waals surface area contributed by atoms with Gasteiger partial charge in [-0.25, -0.2) is 9.59 Å². The minimum Gasteiger partial charge on any atom is -0.491 e. The number of carbonyl (C=O) groups is 2. The third-order valence-electron chi connectivity index (χ3n) is 4.27. The Kier molecular flexibility index (Phi) is 10.5. The monoisotopic (exact) mass is 445 g/mol. The van der Waals surface area contributed by atoms with Gasteiger partial charge in [-0.2, -0.15) is 0 Å². The molecule has 31 heavy (non-hydrogen) atoms. The highest BCUT2D eigenvalue weighted by Gasteiger charge is 2.17. The molecule has 166 valence electrons. The van der Waals surface area contributed by atoms with E-state index in [1.807, 2.05) is 36.6 Å². The van der Waals surface area contributed by atoms with Crippen molar-refractivity contribution in [1.29, 1.82) is 0 Å². The zero-order valence-electron chi connectivity index (χ0n) is 17.3. The summed E-state index contributed by atoms with van der Waals surface area (Å²) >= 11 is 1.61. The molecule has 1 amide bonds. The van der Waals surface area contributed by atoms with E-state index in [0.29, 0.717) is 30.7 Å². The summed E-state index contributed by atoms with van der Waals surface area (Å²) in [5.41, 5.74) is 1.39. The number of allylic oxidation sites excluding steroid dienone is 1. The highest BCUT2D eigenvalue weighted by Crippen LogP contribution is 2.28. The van der Waals surface area contributed by atoms with E-state index in [0.717, 1.165) is 16.5 Å². The Morgan fingerprint density at radius 3 is 2.65 bits per heavy atom. The van der Waals surface area contributed by atoms with Crippen molar-refractivity contribution in [2.24, 2.45) is 0 Å². The van der Waals surface area contributed by atoms with Gasteiger partial charge in [0.15, 0.2) is 0 Å². The Labute approximate surface area is 186 Å². The molecule has 0 bridgehead atoms. The molecule has 0 saturated carbocycles. The lowest BCUT2D eigenvalue weighted by atomic mass is 10.0. The number of aliphatic carboxylic acids is 1. The number of carboxylic acids is 1. The Morgan fingerprint density at radius 2 is 1.97 bits per heavy atom. The fourth-order valence-corrected chi connectivity index (χ4v) is 3.23. The molecular formula is C23H27NO6S. The number of nitrogens with one attached hydrogen (secondary N) is 1. The molecule has 7 nitrogen and oxygen atoms in total. The van der Waals surface area contributed by atoms with Gasteiger partial charge in [-0.3, -0.25) is 5.32 Å². The maximum Gasteiger partial charge on any atom is 0.412 e. The second kappa shape index (κ2) is 13.4. The minimum atomic E-state index is -0.992. The lowest BCUT2D eigenvalue weighted by molar-refractivity contribution is -0.131. The zero-order chi connectivity index (χ0) is 22.5. The van der Waals surface area contributed by atoms with Crippen molar-refractivity contribution in [3.63, 3.8) is 0 Å². The van der Waals surface area contributed by atoms with Gasteiger partial charge in [0.2, 0.25) is 0 Å². The summed E-state index contributed by atoms with van der Waals surface area (Å²) in [4.78, 5) is 24.2. The number of hydrogen-bond acceptors (Lipinski definition) is 6. The first-order chi connectivity index (χ1) is 15.0. The van der Waals surface area contributed by atoms with Gasteiger partial charge >= 0.3 is 12.1 Å². The summed E-state index contributed by atoms with van der Waals surface area (Å²) in [6, 6.07) is 14.6. The number of carboxylic acid groups (broad SMARTS) is 1. The molecule has 0 spiro atoms. The third-order valence-corrected chi connectivity index (χ3v) is 5.02. The van der Waals surface area contributed by atoms with Crippen LogP contribution in [0.3, 0.4) is 0 Å². The first kappa shape index (κ1) is 24.3. The number of hydrogen-bond donors (Lipinski definition) is 3. The first-order valence-corrected chi connectivity index (χ1v) is 11.1. The van der Waals surface area contributed by atoms with Gasteiger partial charge in [0.1, 0.15) is 18.5 Å². The standard InChI is InChI=1S/C23H27NO6S/c1-31-20-12-10-18(11-13-20)24-23(28)30-21(8-3-2-4-9-22(26)27)17-6-5-7-19(16-17)29-15-14-25/h4-7,9-13,16,21,25H,2-3,8,14-15H2,1H3,(H,24,28)(H,26,27)/b9-4+/t21-/m0/s1. The maximum atomic E-state index is 12.5. The Hall–Kier alpha value is -2.97. The topological polar surface area (TPSA) is 105 Å². The molecule has 0 aliphatic rings. The second-order valence-corrected chi connectivity index (χ2v) is 7.44.